The molecule has 5 aliphatic heterocycles. The molecular formula is C25H24N4O3S2. The van der Waals surface area contributed by atoms with Gasteiger partial charge in [-0.05, 0) is 40.0 Å². The van der Waals surface area contributed by atoms with Crippen molar-refractivity contribution < 1.29 is 14.7 Å². The van der Waals surface area contributed by atoms with Crippen molar-refractivity contribution in [3.8, 4) is 0 Å². The van der Waals surface area contributed by atoms with E-state index in [1.807, 2.05) is 68.6 Å². The van der Waals surface area contributed by atoms with Crippen LogP contribution in [-0.2, 0) is 15.0 Å². The van der Waals surface area contributed by atoms with Crippen LogP contribution in [0.2, 0.25) is 0 Å². The van der Waals surface area contributed by atoms with Crippen molar-refractivity contribution in [1.29, 1.82) is 0 Å². The summed E-state index contributed by atoms with van der Waals surface area (Å²) in [5.41, 5.74) is 2.59. The van der Waals surface area contributed by atoms with Crippen molar-refractivity contribution in [2.45, 2.75) is 41.3 Å². The number of fused-ring (bicyclic) bond motifs is 6. The minimum atomic E-state index is -1.42. The lowest BCUT2D eigenvalue weighted by atomic mass is 9.70. The van der Waals surface area contributed by atoms with E-state index in [1.54, 1.807) is 16.8 Å². The number of hydrogen-bond acceptors (Lipinski definition) is 6. The second kappa shape index (κ2) is 6.33. The predicted octanol–water partition coefficient (Wildman–Crippen LogP) is 3.32. The van der Waals surface area contributed by atoms with Crippen molar-refractivity contribution >= 4 is 50.0 Å². The van der Waals surface area contributed by atoms with Crippen molar-refractivity contribution in [2.75, 3.05) is 12.4 Å². The van der Waals surface area contributed by atoms with Crippen LogP contribution in [0.1, 0.15) is 25.0 Å². The van der Waals surface area contributed by atoms with Crippen LogP contribution in [0.4, 0.5) is 5.69 Å². The first-order chi connectivity index (χ1) is 16.3. The number of aromatic nitrogens is 1. The molecule has 2 aromatic carbocycles. The highest BCUT2D eigenvalue weighted by Crippen LogP contribution is 2.71. The number of carbonyl (C=O) groups is 2. The lowest BCUT2D eigenvalue weighted by Gasteiger charge is -2.60. The van der Waals surface area contributed by atoms with Gasteiger partial charge < -0.3 is 20.3 Å². The van der Waals surface area contributed by atoms with Crippen LogP contribution in [-0.4, -0.2) is 60.8 Å². The van der Waals surface area contributed by atoms with E-state index in [2.05, 4.69) is 10.3 Å². The van der Waals surface area contributed by atoms with E-state index in [4.69, 9.17) is 0 Å². The van der Waals surface area contributed by atoms with Gasteiger partial charge in [0.2, 0.25) is 4.87 Å². The van der Waals surface area contributed by atoms with Gasteiger partial charge in [-0.1, -0.05) is 61.0 Å². The maximum Gasteiger partial charge on any atom is 0.264 e. The Kier molecular flexibility index (Phi) is 3.86. The Morgan fingerprint density at radius 3 is 2.53 bits per heavy atom. The number of rotatable bonds is 2. The van der Waals surface area contributed by atoms with Gasteiger partial charge in [0.15, 0.2) is 4.87 Å². The minimum absolute atomic E-state index is 0.103. The van der Waals surface area contributed by atoms with Crippen molar-refractivity contribution in [3.05, 3.63) is 65.9 Å². The second-order valence-electron chi connectivity index (χ2n) is 9.87. The van der Waals surface area contributed by atoms with E-state index in [1.165, 1.54) is 21.6 Å². The van der Waals surface area contributed by atoms with Crippen LogP contribution in [0.25, 0.3) is 10.9 Å². The maximum absolute atomic E-state index is 14.3. The van der Waals surface area contributed by atoms with Crippen LogP contribution in [0.5, 0.6) is 0 Å². The molecule has 8 rings (SSSR count). The van der Waals surface area contributed by atoms with Crippen molar-refractivity contribution in [1.82, 2.24) is 14.8 Å². The Bertz CT molecular complexity index is 1410. The molecule has 3 N–H and O–H groups in total. The van der Waals surface area contributed by atoms with Gasteiger partial charge in [0.1, 0.15) is 12.3 Å². The molecule has 0 unspecified atom stereocenters. The number of likely N-dealkylation sites (N-methyl/N-ethyl adjacent to an activating group) is 1. The van der Waals surface area contributed by atoms with E-state index in [9.17, 15) is 14.7 Å². The van der Waals surface area contributed by atoms with E-state index in [0.29, 0.717) is 0 Å². The third-order valence-corrected chi connectivity index (χ3v) is 12.1. The molecule has 6 heterocycles. The van der Waals surface area contributed by atoms with Gasteiger partial charge in [-0.3, -0.25) is 14.5 Å². The number of aliphatic hydroxyl groups is 1. The summed E-state index contributed by atoms with van der Waals surface area (Å²) < 4.78 is 0. The Morgan fingerprint density at radius 2 is 1.74 bits per heavy atom. The van der Waals surface area contributed by atoms with E-state index < -0.39 is 27.4 Å². The molecular weight excluding hydrogens is 468 g/mol. The lowest BCUT2D eigenvalue weighted by molar-refractivity contribution is -0.169. The molecule has 2 bridgehead atoms. The number of hydrogen-bond donors (Lipinski definition) is 3. The smallest absolute Gasteiger partial charge is 0.264 e. The zero-order chi connectivity index (χ0) is 23.6. The number of aromatic amines is 1. The summed E-state index contributed by atoms with van der Waals surface area (Å²) in [5, 5.41) is 16.9. The predicted molar refractivity (Wildman–Crippen MR) is 134 cm³/mol. The van der Waals surface area contributed by atoms with Crippen LogP contribution < -0.4 is 5.32 Å². The standard InChI is InChI=1S/C25H24N4O3S2/c1-13(2)24-22(32)29-20-23(15-9-5-7-11-18(15)27-20,16-12-26-17-10-6-4-8-14(16)17)19(30)25(29,34-33-24)21(31)28(24)3/h4-13,19-20,26-27,30H,1-3H3/t19-,20-,23-,24+,25+/m1/s1. The Labute approximate surface area is 204 Å². The number of nitrogens with zero attached hydrogens (tertiary/aromatic N) is 2. The Balaban J connectivity index is 1.57. The van der Waals surface area contributed by atoms with Gasteiger partial charge in [0.05, 0.1) is 5.41 Å². The Morgan fingerprint density at radius 1 is 1.00 bits per heavy atom. The molecule has 4 fully saturated rings. The van der Waals surface area contributed by atoms with Gasteiger partial charge >= 0.3 is 0 Å². The average Bonchev–Trinajstić information content (AvgIpc) is 3.46. The number of amides is 2. The molecule has 1 aromatic heterocycles. The highest BCUT2D eigenvalue weighted by Gasteiger charge is 2.83. The highest BCUT2D eigenvalue weighted by molar-refractivity contribution is 8.78. The first kappa shape index (κ1) is 20.7. The second-order valence-corrected chi connectivity index (χ2v) is 12.4. The number of carbonyl (C=O) groups excluding carboxylic acids is 2. The van der Waals surface area contributed by atoms with Crippen LogP contribution in [0, 0.1) is 5.92 Å². The molecule has 1 spiro atoms. The third kappa shape index (κ3) is 1.91. The summed E-state index contributed by atoms with van der Waals surface area (Å²) in [4.78, 5) is 32.6. The summed E-state index contributed by atoms with van der Waals surface area (Å²) in [6.07, 6.45) is 0.166. The maximum atomic E-state index is 14.3. The zero-order valence-corrected chi connectivity index (χ0v) is 20.5. The molecule has 174 valence electrons. The van der Waals surface area contributed by atoms with Gasteiger partial charge in [-0.15, -0.1) is 0 Å². The molecule has 34 heavy (non-hydrogen) atoms. The molecule has 5 aliphatic rings. The average molecular weight is 493 g/mol. The van der Waals surface area contributed by atoms with Crippen LogP contribution >= 0.6 is 21.6 Å². The zero-order valence-electron chi connectivity index (χ0n) is 18.9. The van der Waals surface area contributed by atoms with E-state index >= 15 is 0 Å². The topological polar surface area (TPSA) is 88.7 Å². The summed E-state index contributed by atoms with van der Waals surface area (Å²) in [7, 11) is 4.46. The molecule has 9 heteroatoms. The number of H-pyrrole nitrogens is 1. The Hall–Kier alpha value is -2.62. The first-order valence-electron chi connectivity index (χ1n) is 11.4. The quantitative estimate of drug-likeness (QED) is 0.476. The molecule has 5 atom stereocenters. The van der Waals surface area contributed by atoms with Crippen LogP contribution in [0.15, 0.2) is 54.7 Å². The highest BCUT2D eigenvalue weighted by atomic mass is 33.1. The summed E-state index contributed by atoms with van der Waals surface area (Å²) in [6.45, 7) is 3.95. The third-order valence-electron chi connectivity index (χ3n) is 8.26. The number of aliphatic hydroxyl groups excluding tert-OH is 1. The molecule has 0 saturated carbocycles. The van der Waals surface area contributed by atoms with Crippen molar-refractivity contribution in [3.63, 3.8) is 0 Å². The number of piperazine rings is 1. The van der Waals surface area contributed by atoms with Crippen molar-refractivity contribution in [2.24, 2.45) is 5.92 Å². The first-order valence-corrected chi connectivity index (χ1v) is 13.6. The summed E-state index contributed by atoms with van der Waals surface area (Å²) >= 11 is 0. The van der Waals surface area contributed by atoms with E-state index in [-0.39, 0.29) is 17.7 Å². The lowest BCUT2D eigenvalue weighted by Crippen LogP contribution is -2.79. The van der Waals surface area contributed by atoms with E-state index in [0.717, 1.165) is 27.7 Å². The van der Waals surface area contributed by atoms with Gasteiger partial charge in [0, 0.05) is 29.8 Å². The molecule has 0 radical (unpaired) electrons. The van der Waals surface area contributed by atoms with Gasteiger partial charge in [-0.25, -0.2) is 0 Å². The normalized spacial score (nSPS) is 35.7. The number of para-hydroxylation sites is 2. The minimum Gasteiger partial charge on any atom is -0.388 e. The number of nitrogens with one attached hydrogen (secondary N) is 2. The van der Waals surface area contributed by atoms with Crippen LogP contribution in [0.3, 0.4) is 0 Å². The number of benzene rings is 2. The monoisotopic (exact) mass is 492 g/mol. The molecule has 3 aromatic rings. The fraction of sp³-hybridized carbons (Fsp3) is 0.360. The van der Waals surface area contributed by atoms with Gasteiger partial charge in [0.25, 0.3) is 11.8 Å². The fourth-order valence-electron chi connectivity index (χ4n) is 6.69. The molecule has 7 nitrogen and oxygen atoms in total. The molecule has 2 amide bonds. The summed E-state index contributed by atoms with van der Waals surface area (Å²) in [6, 6.07) is 15.8. The summed E-state index contributed by atoms with van der Waals surface area (Å²) in [5.74, 6) is -0.446. The SMILES string of the molecule is CC(C)[C@@]12SS[C@]3(C(=O)N1C)[C@H](O)[C@]1(c4c[nH]c5ccccc45)c4ccccc4N[C@@H]1N3C2=O. The molecule has 4 saturated heterocycles. The molecule has 0 aliphatic carbocycles. The fourth-order valence-corrected chi connectivity index (χ4v) is 10.9. The largest absolute Gasteiger partial charge is 0.388 e. The number of anilines is 1. The van der Waals surface area contributed by atoms with Gasteiger partial charge in [-0.2, -0.15) is 0 Å².